The van der Waals surface area contributed by atoms with Crippen LogP contribution in [0.5, 0.6) is 0 Å². The third-order valence-electron chi connectivity index (χ3n) is 4.02. The number of carbonyl (C=O) groups is 1. The number of nitrogens with zero attached hydrogens (tertiary/aromatic N) is 2. The molecule has 22 heavy (non-hydrogen) atoms. The van der Waals surface area contributed by atoms with Crippen molar-refractivity contribution in [2.45, 2.75) is 32.4 Å². The number of amides is 1. The van der Waals surface area contributed by atoms with Gasteiger partial charge >= 0.3 is 0 Å². The quantitative estimate of drug-likeness (QED) is 0.922. The van der Waals surface area contributed by atoms with Crippen molar-refractivity contribution in [2.75, 3.05) is 13.1 Å². The van der Waals surface area contributed by atoms with E-state index < -0.39 is 0 Å². The number of hydrogen-bond acceptors (Lipinski definition) is 4. The average Bonchev–Trinajstić information content (AvgIpc) is 3.20. The lowest BCUT2D eigenvalue weighted by molar-refractivity contribution is 0.0908. The number of hydrogen-bond donors (Lipinski definition) is 1. The van der Waals surface area contributed by atoms with Crippen LogP contribution in [0.2, 0.25) is 0 Å². The SMILES string of the molecule is CC(NC(=O)c1ccc(CN2CCCC2)o1)c1ccncc1. The van der Waals surface area contributed by atoms with E-state index in [4.69, 9.17) is 4.42 Å². The molecule has 3 rings (SSSR count). The van der Waals surface area contributed by atoms with Crippen molar-refractivity contribution >= 4 is 5.91 Å². The van der Waals surface area contributed by atoms with Crippen LogP contribution in [-0.2, 0) is 6.54 Å². The molecule has 1 fully saturated rings. The van der Waals surface area contributed by atoms with Crippen molar-refractivity contribution in [1.29, 1.82) is 0 Å². The molecule has 3 heterocycles. The van der Waals surface area contributed by atoms with E-state index in [0.29, 0.717) is 5.76 Å². The Hall–Kier alpha value is -2.14. The van der Waals surface area contributed by atoms with Crippen LogP contribution in [-0.4, -0.2) is 28.9 Å². The Labute approximate surface area is 130 Å². The lowest BCUT2D eigenvalue weighted by atomic mass is 10.1. The molecule has 1 atom stereocenters. The van der Waals surface area contributed by atoms with Gasteiger partial charge in [0.25, 0.3) is 5.91 Å². The van der Waals surface area contributed by atoms with Gasteiger partial charge in [0.1, 0.15) is 5.76 Å². The molecule has 0 radical (unpaired) electrons. The van der Waals surface area contributed by atoms with E-state index in [1.165, 1.54) is 12.8 Å². The highest BCUT2D eigenvalue weighted by Crippen LogP contribution is 2.16. The monoisotopic (exact) mass is 299 g/mol. The van der Waals surface area contributed by atoms with Gasteiger partial charge in [-0.25, -0.2) is 0 Å². The number of carbonyl (C=O) groups excluding carboxylic acids is 1. The largest absolute Gasteiger partial charge is 0.455 e. The molecule has 1 aliphatic heterocycles. The van der Waals surface area contributed by atoms with E-state index >= 15 is 0 Å². The summed E-state index contributed by atoms with van der Waals surface area (Å²) < 4.78 is 5.68. The molecule has 2 aromatic heterocycles. The summed E-state index contributed by atoms with van der Waals surface area (Å²) in [5.74, 6) is 1.04. The van der Waals surface area contributed by atoms with Crippen LogP contribution in [0.4, 0.5) is 0 Å². The summed E-state index contributed by atoms with van der Waals surface area (Å²) >= 11 is 0. The molecule has 5 nitrogen and oxygen atoms in total. The lowest BCUT2D eigenvalue weighted by Crippen LogP contribution is -2.26. The zero-order chi connectivity index (χ0) is 15.4. The first-order valence-electron chi connectivity index (χ1n) is 7.74. The molecule has 0 bridgehead atoms. The fourth-order valence-corrected chi connectivity index (χ4v) is 2.75. The van der Waals surface area contributed by atoms with Crippen LogP contribution in [0, 0.1) is 0 Å². The van der Waals surface area contributed by atoms with Gasteiger partial charge in [-0.05, 0) is 62.7 Å². The Balaban J connectivity index is 1.59. The van der Waals surface area contributed by atoms with Gasteiger partial charge in [0.2, 0.25) is 0 Å². The minimum atomic E-state index is -0.183. The zero-order valence-electron chi connectivity index (χ0n) is 12.8. The normalized spacial score (nSPS) is 16.6. The highest BCUT2D eigenvalue weighted by Gasteiger charge is 2.17. The maximum atomic E-state index is 12.2. The molecular weight excluding hydrogens is 278 g/mol. The lowest BCUT2D eigenvalue weighted by Gasteiger charge is -2.13. The van der Waals surface area contributed by atoms with Gasteiger partial charge in [0, 0.05) is 12.4 Å². The van der Waals surface area contributed by atoms with E-state index in [9.17, 15) is 4.79 Å². The van der Waals surface area contributed by atoms with Crippen molar-refractivity contribution in [3.63, 3.8) is 0 Å². The van der Waals surface area contributed by atoms with Gasteiger partial charge < -0.3 is 9.73 Å². The molecular formula is C17H21N3O2. The predicted octanol–water partition coefficient (Wildman–Crippen LogP) is 2.76. The first kappa shape index (κ1) is 14.8. The zero-order valence-corrected chi connectivity index (χ0v) is 12.8. The number of nitrogens with one attached hydrogen (secondary N) is 1. The summed E-state index contributed by atoms with van der Waals surface area (Å²) in [6.45, 7) is 4.96. The number of pyridine rings is 1. The third kappa shape index (κ3) is 3.54. The topological polar surface area (TPSA) is 58.4 Å². The van der Waals surface area contributed by atoms with Gasteiger partial charge in [-0.3, -0.25) is 14.7 Å². The van der Waals surface area contributed by atoms with Crippen molar-refractivity contribution < 1.29 is 9.21 Å². The summed E-state index contributed by atoms with van der Waals surface area (Å²) in [5.41, 5.74) is 1.02. The van der Waals surface area contributed by atoms with Crippen LogP contribution in [0.3, 0.4) is 0 Å². The minimum absolute atomic E-state index is 0.0809. The second kappa shape index (κ2) is 6.75. The van der Waals surface area contributed by atoms with Crippen molar-refractivity contribution in [3.8, 4) is 0 Å². The van der Waals surface area contributed by atoms with E-state index in [0.717, 1.165) is 31.0 Å². The van der Waals surface area contributed by atoms with Gasteiger partial charge in [-0.2, -0.15) is 0 Å². The highest BCUT2D eigenvalue weighted by atomic mass is 16.4. The summed E-state index contributed by atoms with van der Waals surface area (Å²) in [6.07, 6.45) is 5.94. The smallest absolute Gasteiger partial charge is 0.287 e. The Morgan fingerprint density at radius 3 is 2.73 bits per heavy atom. The molecule has 1 unspecified atom stereocenters. The molecule has 0 spiro atoms. The Bertz CT molecular complexity index is 618. The van der Waals surface area contributed by atoms with Crippen LogP contribution >= 0.6 is 0 Å². The molecule has 1 N–H and O–H groups in total. The Kier molecular flexibility index (Phi) is 4.53. The summed E-state index contributed by atoms with van der Waals surface area (Å²) in [7, 11) is 0. The Morgan fingerprint density at radius 2 is 2.00 bits per heavy atom. The van der Waals surface area contributed by atoms with Crippen LogP contribution in [0.25, 0.3) is 0 Å². The molecule has 116 valence electrons. The summed E-state index contributed by atoms with van der Waals surface area (Å²) in [4.78, 5) is 18.6. The summed E-state index contributed by atoms with van der Waals surface area (Å²) in [5, 5.41) is 2.95. The van der Waals surface area contributed by atoms with Crippen LogP contribution < -0.4 is 5.32 Å². The van der Waals surface area contributed by atoms with Crippen LogP contribution in [0.1, 0.15) is 47.7 Å². The van der Waals surface area contributed by atoms with Crippen LogP contribution in [0.15, 0.2) is 41.1 Å². The molecule has 2 aromatic rings. The molecule has 5 heteroatoms. The standard InChI is InChI=1S/C17H21N3O2/c1-13(14-6-8-18-9-7-14)19-17(21)16-5-4-15(22-16)12-20-10-2-3-11-20/h4-9,13H,2-3,10-12H2,1H3,(H,19,21). The minimum Gasteiger partial charge on any atom is -0.455 e. The molecule has 0 saturated carbocycles. The second-order valence-electron chi connectivity index (χ2n) is 5.72. The molecule has 1 saturated heterocycles. The average molecular weight is 299 g/mol. The first-order chi connectivity index (χ1) is 10.7. The second-order valence-corrected chi connectivity index (χ2v) is 5.72. The van der Waals surface area contributed by atoms with E-state index in [-0.39, 0.29) is 11.9 Å². The molecule has 0 aromatic carbocycles. The maximum Gasteiger partial charge on any atom is 0.287 e. The number of furan rings is 1. The highest BCUT2D eigenvalue weighted by molar-refractivity contribution is 5.91. The summed E-state index contributed by atoms with van der Waals surface area (Å²) in [6, 6.07) is 7.35. The number of rotatable bonds is 5. The molecule has 1 aliphatic rings. The number of likely N-dealkylation sites (tertiary alicyclic amines) is 1. The van der Waals surface area contributed by atoms with Crippen molar-refractivity contribution in [1.82, 2.24) is 15.2 Å². The van der Waals surface area contributed by atoms with Crippen molar-refractivity contribution in [2.24, 2.45) is 0 Å². The molecule has 1 amide bonds. The van der Waals surface area contributed by atoms with Crippen molar-refractivity contribution in [3.05, 3.63) is 53.7 Å². The fraction of sp³-hybridized carbons (Fsp3) is 0.412. The van der Waals surface area contributed by atoms with Gasteiger partial charge in [-0.15, -0.1) is 0 Å². The van der Waals surface area contributed by atoms with E-state index in [1.807, 2.05) is 25.1 Å². The van der Waals surface area contributed by atoms with Gasteiger partial charge in [-0.1, -0.05) is 0 Å². The first-order valence-corrected chi connectivity index (χ1v) is 7.74. The Morgan fingerprint density at radius 1 is 1.27 bits per heavy atom. The third-order valence-corrected chi connectivity index (χ3v) is 4.02. The fourth-order valence-electron chi connectivity index (χ4n) is 2.75. The van der Waals surface area contributed by atoms with Gasteiger partial charge in [0.05, 0.1) is 12.6 Å². The number of aromatic nitrogens is 1. The molecule has 0 aliphatic carbocycles. The van der Waals surface area contributed by atoms with E-state index in [1.54, 1.807) is 18.5 Å². The maximum absolute atomic E-state index is 12.2. The van der Waals surface area contributed by atoms with E-state index in [2.05, 4.69) is 15.2 Å². The predicted molar refractivity (Wildman–Crippen MR) is 83.3 cm³/mol. The van der Waals surface area contributed by atoms with Gasteiger partial charge in [0.15, 0.2) is 5.76 Å².